The third-order valence-corrected chi connectivity index (χ3v) is 3.87. The smallest absolute Gasteiger partial charge is 0.273 e. The maximum absolute atomic E-state index is 13.7. The number of ether oxygens (including phenoxy) is 2. The van der Waals surface area contributed by atoms with Crippen molar-refractivity contribution in [1.29, 1.82) is 0 Å². The summed E-state index contributed by atoms with van der Waals surface area (Å²) in [4.78, 5) is 0. The van der Waals surface area contributed by atoms with Crippen molar-refractivity contribution in [3.63, 3.8) is 0 Å². The van der Waals surface area contributed by atoms with E-state index in [-0.39, 0.29) is 37.0 Å². The molecule has 0 saturated carbocycles. The summed E-state index contributed by atoms with van der Waals surface area (Å²) in [6, 6.07) is 0.670. The van der Waals surface area contributed by atoms with Crippen LogP contribution in [0.4, 0.5) is 17.6 Å². The molecule has 0 saturated heterocycles. The van der Waals surface area contributed by atoms with Gasteiger partial charge in [-0.15, -0.1) is 0 Å². The summed E-state index contributed by atoms with van der Waals surface area (Å²) in [5.41, 5.74) is -0.234. The zero-order chi connectivity index (χ0) is 18.5. The van der Waals surface area contributed by atoms with Crippen molar-refractivity contribution in [2.45, 2.75) is 65.1 Å². The van der Waals surface area contributed by atoms with E-state index in [2.05, 4.69) is 0 Å². The second-order valence-corrected chi connectivity index (χ2v) is 6.44. The second kappa shape index (κ2) is 8.94. The van der Waals surface area contributed by atoms with E-state index in [0.717, 1.165) is 0 Å². The Bertz CT molecular complexity index is 543. The molecule has 1 rings (SSSR count). The topological polar surface area (TPSA) is 27.7 Å². The van der Waals surface area contributed by atoms with Crippen LogP contribution < -0.4 is 0 Å². The summed E-state index contributed by atoms with van der Waals surface area (Å²) < 4.78 is 70.1. The molecule has 0 aliphatic carbocycles. The van der Waals surface area contributed by atoms with Gasteiger partial charge in [0.1, 0.15) is 0 Å². The van der Waals surface area contributed by atoms with E-state index in [1.807, 2.05) is 27.7 Å². The van der Waals surface area contributed by atoms with Gasteiger partial charge in [0.25, 0.3) is 5.97 Å². The minimum atomic E-state index is -1.81. The molecule has 0 aliphatic heterocycles. The van der Waals surface area contributed by atoms with E-state index in [4.69, 9.17) is 13.9 Å². The van der Waals surface area contributed by atoms with Crippen LogP contribution >= 0.6 is 0 Å². The number of benzene rings is 1. The van der Waals surface area contributed by atoms with E-state index in [1.165, 1.54) is 0 Å². The van der Waals surface area contributed by atoms with Gasteiger partial charge in [-0.25, -0.2) is 17.6 Å². The Hall–Kier alpha value is -0.963. The molecular weight excluding hydrogens is 344 g/mol. The first-order valence-electron chi connectivity index (χ1n) is 7.84. The van der Waals surface area contributed by atoms with Crippen LogP contribution in [0, 0.1) is 23.3 Å². The summed E-state index contributed by atoms with van der Waals surface area (Å²) in [5, 5.41) is 0. The lowest BCUT2D eigenvalue weighted by Gasteiger charge is -2.36. The van der Waals surface area contributed by atoms with E-state index in [1.54, 1.807) is 0 Å². The van der Waals surface area contributed by atoms with Crippen molar-refractivity contribution in [2.24, 2.45) is 0 Å². The van der Waals surface area contributed by atoms with Crippen LogP contribution in [0.1, 0.15) is 46.1 Å². The van der Waals surface area contributed by atoms with Crippen LogP contribution in [0.15, 0.2) is 6.07 Å². The second-order valence-electron chi connectivity index (χ2n) is 6.03. The molecule has 0 spiro atoms. The summed E-state index contributed by atoms with van der Waals surface area (Å²) in [6.45, 7) is 7.29. The lowest BCUT2D eigenvalue weighted by molar-refractivity contribution is -0.369. The van der Waals surface area contributed by atoms with Gasteiger partial charge in [-0.2, -0.15) is 0 Å². The Balaban J connectivity index is 2.85. The summed E-state index contributed by atoms with van der Waals surface area (Å²) in [7, 11) is 0.345. The Kier molecular flexibility index (Phi) is 7.85. The lowest BCUT2D eigenvalue weighted by atomic mass is 10.1. The first-order chi connectivity index (χ1) is 11.1. The van der Waals surface area contributed by atoms with Gasteiger partial charge in [-0.1, -0.05) is 0 Å². The van der Waals surface area contributed by atoms with Gasteiger partial charge in [-0.05, 0) is 52.2 Å². The average Bonchev–Trinajstić information content (AvgIpc) is 2.48. The molecule has 24 heavy (non-hydrogen) atoms. The van der Waals surface area contributed by atoms with Crippen molar-refractivity contribution in [3.8, 4) is 0 Å². The molecule has 138 valence electrons. The van der Waals surface area contributed by atoms with Crippen molar-refractivity contribution >= 4 is 10.5 Å². The van der Waals surface area contributed by atoms with Crippen LogP contribution in [-0.2, 0) is 20.3 Å². The molecule has 8 heteroatoms. The van der Waals surface area contributed by atoms with Gasteiger partial charge < -0.3 is 13.9 Å². The van der Waals surface area contributed by atoms with Crippen LogP contribution in [0.25, 0.3) is 0 Å². The average molecular weight is 368 g/mol. The molecule has 0 heterocycles. The van der Waals surface area contributed by atoms with Crippen LogP contribution in [-0.4, -0.2) is 28.7 Å². The standard InChI is InChI=1S/C16H24F4O3Si/c1-9(2)21-16(23-24,22-10(3)4)7-5-6-11-8-12(17)14(19)15(20)13(11)18/h8-10H,5-7H2,1-4,24H3. The Morgan fingerprint density at radius 1 is 0.958 bits per heavy atom. The fourth-order valence-corrected chi connectivity index (χ4v) is 2.76. The summed E-state index contributed by atoms with van der Waals surface area (Å²) >= 11 is 0. The quantitative estimate of drug-likeness (QED) is 0.220. The highest BCUT2D eigenvalue weighted by Gasteiger charge is 2.34. The van der Waals surface area contributed by atoms with Gasteiger partial charge in [-0.3, -0.25) is 0 Å². The highest BCUT2D eigenvalue weighted by Crippen LogP contribution is 2.27. The molecule has 3 nitrogen and oxygen atoms in total. The van der Waals surface area contributed by atoms with E-state index in [0.29, 0.717) is 16.6 Å². The summed E-state index contributed by atoms with van der Waals surface area (Å²) in [6.07, 6.45) is 0.177. The highest BCUT2D eigenvalue weighted by atomic mass is 28.2. The lowest BCUT2D eigenvalue weighted by Crippen LogP contribution is -2.42. The number of rotatable bonds is 9. The van der Waals surface area contributed by atoms with Gasteiger partial charge in [0.05, 0.1) is 12.2 Å². The number of hydrogen-bond donors (Lipinski definition) is 0. The minimum Gasteiger partial charge on any atom is -0.380 e. The molecule has 0 atom stereocenters. The maximum Gasteiger partial charge on any atom is 0.273 e. The molecule has 0 unspecified atom stereocenters. The number of aryl methyl sites for hydroxylation is 1. The molecule has 0 aromatic heterocycles. The first-order valence-corrected chi connectivity index (χ1v) is 8.66. The fourth-order valence-electron chi connectivity index (χ4n) is 2.36. The van der Waals surface area contributed by atoms with E-state index < -0.39 is 29.2 Å². The van der Waals surface area contributed by atoms with Gasteiger partial charge in [0, 0.05) is 6.42 Å². The molecule has 0 aliphatic rings. The SMILES string of the molecule is CC(C)OC(CCCc1cc(F)c(F)c(F)c1F)(O[SiH3])OC(C)C. The van der Waals surface area contributed by atoms with E-state index >= 15 is 0 Å². The molecular formula is C16H24F4O3Si. The van der Waals surface area contributed by atoms with Gasteiger partial charge in [0.2, 0.25) is 0 Å². The van der Waals surface area contributed by atoms with Crippen molar-refractivity contribution < 1.29 is 31.5 Å². The monoisotopic (exact) mass is 368 g/mol. The molecule has 0 amide bonds. The van der Waals surface area contributed by atoms with Crippen molar-refractivity contribution in [2.75, 3.05) is 0 Å². The van der Waals surface area contributed by atoms with Gasteiger partial charge in [0.15, 0.2) is 33.8 Å². The minimum absolute atomic E-state index is 0.00444. The third-order valence-electron chi connectivity index (χ3n) is 3.25. The van der Waals surface area contributed by atoms with Crippen LogP contribution in [0.3, 0.4) is 0 Å². The van der Waals surface area contributed by atoms with E-state index in [9.17, 15) is 17.6 Å². The highest BCUT2D eigenvalue weighted by molar-refractivity contribution is 5.98. The Morgan fingerprint density at radius 2 is 1.50 bits per heavy atom. The zero-order valence-corrected chi connectivity index (χ0v) is 16.6. The number of hydrogen-bond acceptors (Lipinski definition) is 3. The Morgan fingerprint density at radius 3 is 1.96 bits per heavy atom. The normalized spacial score (nSPS) is 12.6. The van der Waals surface area contributed by atoms with Crippen molar-refractivity contribution in [1.82, 2.24) is 0 Å². The third kappa shape index (κ3) is 5.54. The largest absolute Gasteiger partial charge is 0.380 e. The summed E-state index contributed by atoms with van der Waals surface area (Å²) in [5.74, 6) is -7.67. The predicted molar refractivity (Wildman–Crippen MR) is 85.4 cm³/mol. The Labute approximate surface area is 142 Å². The predicted octanol–water partition coefficient (Wildman–Crippen LogP) is 3.37. The maximum atomic E-state index is 13.7. The van der Waals surface area contributed by atoms with Crippen LogP contribution in [0.2, 0.25) is 0 Å². The molecule has 0 fully saturated rings. The molecule has 0 bridgehead atoms. The van der Waals surface area contributed by atoms with Crippen molar-refractivity contribution in [3.05, 3.63) is 34.9 Å². The fraction of sp³-hybridized carbons (Fsp3) is 0.625. The first kappa shape index (κ1) is 21.1. The number of halogens is 4. The molecule has 0 radical (unpaired) electrons. The molecule has 1 aromatic carbocycles. The molecule has 1 aromatic rings. The van der Waals surface area contributed by atoms with Crippen LogP contribution in [0.5, 0.6) is 0 Å². The molecule has 0 N–H and O–H groups in total. The van der Waals surface area contributed by atoms with Gasteiger partial charge >= 0.3 is 0 Å². The zero-order valence-electron chi connectivity index (χ0n) is 14.6.